The molecule has 0 aliphatic carbocycles. The lowest BCUT2D eigenvalue weighted by atomic mass is 9.94. The number of rotatable bonds is 5. The van der Waals surface area contributed by atoms with Crippen LogP contribution < -0.4 is 5.32 Å². The van der Waals surface area contributed by atoms with E-state index in [0.29, 0.717) is 17.9 Å². The summed E-state index contributed by atoms with van der Waals surface area (Å²) in [6.45, 7) is 6.11. The van der Waals surface area contributed by atoms with Crippen molar-refractivity contribution >= 4 is 16.8 Å². The SMILES string of the molecule is CC(C)CC(C)(O)CNC(=O)c1cccc2[nH]ccc12. The van der Waals surface area contributed by atoms with Crippen molar-refractivity contribution in [1.82, 2.24) is 10.3 Å². The van der Waals surface area contributed by atoms with Crippen LogP contribution in [-0.2, 0) is 0 Å². The van der Waals surface area contributed by atoms with Gasteiger partial charge in [-0.05, 0) is 37.5 Å². The maximum absolute atomic E-state index is 12.3. The molecular weight excluding hydrogens is 252 g/mol. The van der Waals surface area contributed by atoms with Crippen molar-refractivity contribution in [1.29, 1.82) is 0 Å². The Balaban J connectivity index is 2.07. The molecule has 1 atom stereocenters. The van der Waals surface area contributed by atoms with Gasteiger partial charge >= 0.3 is 0 Å². The van der Waals surface area contributed by atoms with Crippen molar-refractivity contribution in [2.24, 2.45) is 5.92 Å². The average Bonchev–Trinajstić information content (AvgIpc) is 2.82. The molecule has 0 spiro atoms. The summed E-state index contributed by atoms with van der Waals surface area (Å²) < 4.78 is 0. The summed E-state index contributed by atoms with van der Waals surface area (Å²) in [7, 11) is 0. The van der Waals surface area contributed by atoms with Crippen LogP contribution in [0.5, 0.6) is 0 Å². The summed E-state index contributed by atoms with van der Waals surface area (Å²) >= 11 is 0. The molecule has 1 heterocycles. The second kappa shape index (κ2) is 5.67. The summed E-state index contributed by atoms with van der Waals surface area (Å²) in [5.41, 5.74) is 0.686. The van der Waals surface area contributed by atoms with Crippen LogP contribution in [0, 0.1) is 5.92 Å². The molecule has 0 saturated heterocycles. The summed E-state index contributed by atoms with van der Waals surface area (Å²) in [5, 5.41) is 14.0. The minimum Gasteiger partial charge on any atom is -0.388 e. The fraction of sp³-hybridized carbons (Fsp3) is 0.438. The van der Waals surface area contributed by atoms with E-state index < -0.39 is 5.60 Å². The molecule has 2 aromatic rings. The lowest BCUT2D eigenvalue weighted by Gasteiger charge is -2.25. The first-order valence-corrected chi connectivity index (χ1v) is 6.96. The summed E-state index contributed by atoms with van der Waals surface area (Å²) in [6, 6.07) is 7.46. The number of carbonyl (C=O) groups excluding carboxylic acids is 1. The molecule has 0 fully saturated rings. The van der Waals surface area contributed by atoms with Crippen molar-refractivity contribution in [3.05, 3.63) is 36.0 Å². The third-order valence-electron chi connectivity index (χ3n) is 3.32. The van der Waals surface area contributed by atoms with Crippen molar-refractivity contribution in [3.63, 3.8) is 0 Å². The predicted octanol–water partition coefficient (Wildman–Crippen LogP) is 2.69. The molecule has 0 radical (unpaired) electrons. The van der Waals surface area contributed by atoms with Gasteiger partial charge in [0.1, 0.15) is 0 Å². The quantitative estimate of drug-likeness (QED) is 0.785. The van der Waals surface area contributed by atoms with E-state index in [4.69, 9.17) is 0 Å². The Kier molecular flexibility index (Phi) is 4.14. The number of hydrogen-bond acceptors (Lipinski definition) is 2. The number of benzene rings is 1. The van der Waals surface area contributed by atoms with Gasteiger partial charge in [0.05, 0.1) is 5.60 Å². The Labute approximate surface area is 119 Å². The van der Waals surface area contributed by atoms with Gasteiger partial charge in [-0.1, -0.05) is 19.9 Å². The van der Waals surface area contributed by atoms with E-state index in [-0.39, 0.29) is 12.5 Å². The topological polar surface area (TPSA) is 65.1 Å². The van der Waals surface area contributed by atoms with Crippen LogP contribution in [0.15, 0.2) is 30.5 Å². The number of carbonyl (C=O) groups is 1. The molecule has 4 nitrogen and oxygen atoms in total. The van der Waals surface area contributed by atoms with Crippen LogP contribution in [0.4, 0.5) is 0 Å². The molecule has 0 aliphatic rings. The molecule has 1 aromatic heterocycles. The fourth-order valence-corrected chi connectivity index (χ4v) is 2.60. The van der Waals surface area contributed by atoms with Gasteiger partial charge in [0.25, 0.3) is 5.91 Å². The Hall–Kier alpha value is -1.81. The molecular formula is C16H22N2O2. The van der Waals surface area contributed by atoms with Gasteiger partial charge < -0.3 is 15.4 Å². The van der Waals surface area contributed by atoms with Crippen LogP contribution >= 0.6 is 0 Å². The summed E-state index contributed by atoms with van der Waals surface area (Å²) in [4.78, 5) is 15.3. The number of H-pyrrole nitrogens is 1. The van der Waals surface area contributed by atoms with Crippen LogP contribution in [0.3, 0.4) is 0 Å². The van der Waals surface area contributed by atoms with Crippen LogP contribution in [-0.4, -0.2) is 28.1 Å². The number of aromatic amines is 1. The third-order valence-corrected chi connectivity index (χ3v) is 3.32. The van der Waals surface area contributed by atoms with Crippen molar-refractivity contribution in [2.45, 2.75) is 32.8 Å². The highest BCUT2D eigenvalue weighted by molar-refractivity contribution is 6.06. The largest absolute Gasteiger partial charge is 0.388 e. The van der Waals surface area contributed by atoms with Crippen molar-refractivity contribution < 1.29 is 9.90 Å². The summed E-state index contributed by atoms with van der Waals surface area (Å²) in [6.07, 6.45) is 2.47. The molecule has 108 valence electrons. The van der Waals surface area contributed by atoms with Crippen LogP contribution in [0.1, 0.15) is 37.6 Å². The van der Waals surface area contributed by atoms with Gasteiger partial charge in [-0.25, -0.2) is 0 Å². The molecule has 0 bridgehead atoms. The number of amides is 1. The van der Waals surface area contributed by atoms with Gasteiger partial charge in [-0.2, -0.15) is 0 Å². The number of nitrogens with one attached hydrogen (secondary N) is 2. The highest BCUT2D eigenvalue weighted by Crippen LogP contribution is 2.18. The lowest BCUT2D eigenvalue weighted by molar-refractivity contribution is 0.0368. The molecule has 1 unspecified atom stereocenters. The zero-order chi connectivity index (χ0) is 14.8. The number of hydrogen-bond donors (Lipinski definition) is 3. The van der Waals surface area contributed by atoms with E-state index in [9.17, 15) is 9.90 Å². The van der Waals surface area contributed by atoms with Gasteiger partial charge in [0.2, 0.25) is 0 Å². The second-order valence-corrected chi connectivity index (χ2v) is 6.02. The molecule has 0 aliphatic heterocycles. The zero-order valence-corrected chi connectivity index (χ0v) is 12.2. The zero-order valence-electron chi connectivity index (χ0n) is 12.2. The Morgan fingerprint density at radius 2 is 2.15 bits per heavy atom. The standard InChI is InChI=1S/C16H22N2O2/c1-11(2)9-16(3,20)10-18-15(19)13-5-4-6-14-12(13)7-8-17-14/h4-8,11,17,20H,9-10H2,1-3H3,(H,18,19). The maximum Gasteiger partial charge on any atom is 0.252 e. The molecule has 1 aromatic carbocycles. The number of aromatic nitrogens is 1. The minimum atomic E-state index is -0.879. The van der Waals surface area contributed by atoms with Gasteiger partial charge in [0.15, 0.2) is 0 Å². The molecule has 4 heteroatoms. The maximum atomic E-state index is 12.3. The van der Waals surface area contributed by atoms with E-state index in [0.717, 1.165) is 10.9 Å². The van der Waals surface area contributed by atoms with Crippen molar-refractivity contribution in [3.8, 4) is 0 Å². The van der Waals surface area contributed by atoms with Gasteiger partial charge in [-0.15, -0.1) is 0 Å². The van der Waals surface area contributed by atoms with Crippen LogP contribution in [0.25, 0.3) is 10.9 Å². The monoisotopic (exact) mass is 274 g/mol. The van der Waals surface area contributed by atoms with Crippen LogP contribution in [0.2, 0.25) is 0 Å². The Morgan fingerprint density at radius 1 is 1.40 bits per heavy atom. The first-order valence-electron chi connectivity index (χ1n) is 6.96. The Bertz CT molecular complexity index is 599. The third kappa shape index (κ3) is 3.39. The molecule has 1 amide bonds. The average molecular weight is 274 g/mol. The van der Waals surface area contributed by atoms with E-state index in [1.54, 1.807) is 13.0 Å². The van der Waals surface area contributed by atoms with E-state index in [1.165, 1.54) is 0 Å². The number of aliphatic hydroxyl groups is 1. The molecule has 20 heavy (non-hydrogen) atoms. The van der Waals surface area contributed by atoms with Gasteiger partial charge in [-0.3, -0.25) is 4.79 Å². The highest BCUT2D eigenvalue weighted by atomic mass is 16.3. The molecule has 2 rings (SSSR count). The predicted molar refractivity (Wildman–Crippen MR) is 80.7 cm³/mol. The lowest BCUT2D eigenvalue weighted by Crippen LogP contribution is -2.41. The van der Waals surface area contributed by atoms with E-state index in [1.807, 2.05) is 24.4 Å². The normalized spacial score (nSPS) is 14.4. The molecule has 3 N–H and O–H groups in total. The highest BCUT2D eigenvalue weighted by Gasteiger charge is 2.23. The van der Waals surface area contributed by atoms with Gasteiger partial charge in [0, 0.05) is 29.2 Å². The summed E-state index contributed by atoms with van der Waals surface area (Å²) in [5.74, 6) is 0.231. The fourth-order valence-electron chi connectivity index (χ4n) is 2.60. The second-order valence-electron chi connectivity index (χ2n) is 6.02. The van der Waals surface area contributed by atoms with E-state index >= 15 is 0 Å². The first kappa shape index (κ1) is 14.6. The van der Waals surface area contributed by atoms with Crippen molar-refractivity contribution in [2.75, 3.05) is 6.54 Å². The minimum absolute atomic E-state index is 0.153. The Morgan fingerprint density at radius 3 is 2.85 bits per heavy atom. The molecule has 0 saturated carbocycles. The first-order chi connectivity index (χ1) is 9.39. The smallest absolute Gasteiger partial charge is 0.252 e. The number of fused-ring (bicyclic) bond motifs is 1. The van der Waals surface area contributed by atoms with E-state index in [2.05, 4.69) is 24.1 Å².